The summed E-state index contributed by atoms with van der Waals surface area (Å²) < 4.78 is 10.8. The summed E-state index contributed by atoms with van der Waals surface area (Å²) in [6.07, 6.45) is 9.56. The maximum atomic E-state index is 6.35. The average molecular weight is 810 g/mol. The summed E-state index contributed by atoms with van der Waals surface area (Å²) >= 11 is 0. The molecule has 12 aromatic rings. The zero-order chi connectivity index (χ0) is 41.4. The molecule has 0 N–H and O–H groups in total. The highest BCUT2D eigenvalue weighted by Crippen LogP contribution is 2.41. The molecule has 0 saturated heterocycles. The van der Waals surface area contributed by atoms with Gasteiger partial charge in [-0.2, -0.15) is 9.97 Å². The lowest BCUT2D eigenvalue weighted by atomic mass is 9.94. The molecule has 7 aromatic carbocycles. The number of para-hydroxylation sites is 4. The number of hydrogen-bond acceptors (Lipinski definition) is 6. The van der Waals surface area contributed by atoms with Gasteiger partial charge in [-0.3, -0.25) is 4.57 Å². The van der Waals surface area contributed by atoms with Crippen molar-refractivity contribution >= 4 is 65.6 Å². The third-order valence-electron chi connectivity index (χ3n) is 12.3. The molecule has 1 unspecified atom stereocenters. The van der Waals surface area contributed by atoms with Gasteiger partial charge in [0.2, 0.25) is 5.95 Å². The third kappa shape index (κ3) is 5.65. The maximum Gasteiger partial charge on any atom is 0.238 e. The van der Waals surface area contributed by atoms with Crippen molar-refractivity contribution in [2.24, 2.45) is 0 Å². The molecule has 1 aliphatic carbocycles. The normalized spacial score (nSPS) is 14.0. The molecule has 0 fully saturated rings. The van der Waals surface area contributed by atoms with Gasteiger partial charge >= 0.3 is 0 Å². The van der Waals surface area contributed by atoms with Gasteiger partial charge in [-0.05, 0) is 61.0 Å². The zero-order valence-electron chi connectivity index (χ0n) is 33.8. The van der Waals surface area contributed by atoms with Crippen LogP contribution in [-0.2, 0) is 0 Å². The summed E-state index contributed by atoms with van der Waals surface area (Å²) in [5.74, 6) is 2.43. The van der Waals surface area contributed by atoms with Gasteiger partial charge in [0.1, 0.15) is 11.2 Å². The van der Waals surface area contributed by atoms with Gasteiger partial charge in [-0.15, -0.1) is 0 Å². The van der Waals surface area contributed by atoms with Crippen LogP contribution in [0.4, 0.5) is 0 Å². The lowest BCUT2D eigenvalue weighted by Gasteiger charge is -2.17. The molecule has 63 heavy (non-hydrogen) atoms. The second-order valence-electron chi connectivity index (χ2n) is 16.0. The Morgan fingerprint density at radius 3 is 2.00 bits per heavy atom. The highest BCUT2D eigenvalue weighted by atomic mass is 16.3. The summed E-state index contributed by atoms with van der Waals surface area (Å²) in [5.41, 5.74) is 10.2. The van der Waals surface area contributed by atoms with Gasteiger partial charge in [-0.25, -0.2) is 15.0 Å². The van der Waals surface area contributed by atoms with E-state index in [0.29, 0.717) is 23.4 Å². The largest absolute Gasteiger partial charge is 0.456 e. The number of aromatic nitrogens is 7. The van der Waals surface area contributed by atoms with Crippen LogP contribution in [0.3, 0.4) is 0 Å². The summed E-state index contributed by atoms with van der Waals surface area (Å²) in [6, 6.07) is 58.5. The Bertz CT molecular complexity index is 3840. The van der Waals surface area contributed by atoms with Gasteiger partial charge in [0, 0.05) is 55.0 Å². The van der Waals surface area contributed by atoms with Gasteiger partial charge in [0.05, 0.1) is 33.5 Å². The van der Waals surface area contributed by atoms with Crippen molar-refractivity contribution in [3.05, 3.63) is 200 Å². The molecule has 8 heteroatoms. The third-order valence-corrected chi connectivity index (χ3v) is 12.3. The van der Waals surface area contributed by atoms with Crippen LogP contribution in [-0.4, -0.2) is 34.1 Å². The Kier molecular flexibility index (Phi) is 7.86. The first-order chi connectivity index (χ1) is 31.2. The smallest absolute Gasteiger partial charge is 0.238 e. The van der Waals surface area contributed by atoms with Crippen molar-refractivity contribution in [1.82, 2.24) is 34.1 Å². The van der Waals surface area contributed by atoms with E-state index in [2.05, 4.69) is 143 Å². The number of furan rings is 1. The summed E-state index contributed by atoms with van der Waals surface area (Å²) in [5, 5.41) is 6.39. The summed E-state index contributed by atoms with van der Waals surface area (Å²) in [4.78, 5) is 26.5. The maximum absolute atomic E-state index is 6.35. The van der Waals surface area contributed by atoms with Crippen LogP contribution in [0.5, 0.6) is 0 Å². The molecule has 0 amide bonds. The highest BCUT2D eigenvalue weighted by Gasteiger charge is 2.25. The fourth-order valence-corrected chi connectivity index (χ4v) is 9.43. The summed E-state index contributed by atoms with van der Waals surface area (Å²) in [7, 11) is 0. The average Bonchev–Trinajstić information content (AvgIpc) is 4.04. The van der Waals surface area contributed by atoms with Crippen LogP contribution in [0.1, 0.15) is 18.0 Å². The van der Waals surface area contributed by atoms with Crippen molar-refractivity contribution in [2.45, 2.75) is 12.3 Å². The van der Waals surface area contributed by atoms with Crippen molar-refractivity contribution in [3.63, 3.8) is 0 Å². The summed E-state index contributed by atoms with van der Waals surface area (Å²) in [6.45, 7) is 0. The fraction of sp³-hybridized carbons (Fsp3) is 0.0364. The minimum atomic E-state index is 0.134. The first-order valence-electron chi connectivity index (χ1n) is 21.2. The van der Waals surface area contributed by atoms with Crippen LogP contribution in [0.25, 0.3) is 111 Å². The van der Waals surface area contributed by atoms with Crippen LogP contribution in [0, 0.1) is 0 Å². The van der Waals surface area contributed by atoms with E-state index in [1.165, 1.54) is 0 Å². The number of benzene rings is 7. The van der Waals surface area contributed by atoms with E-state index in [1.54, 1.807) is 0 Å². The molecule has 0 aliphatic heterocycles. The topological polar surface area (TPSA) is 87.5 Å². The molecule has 1 aliphatic rings. The quantitative estimate of drug-likeness (QED) is 0.166. The Morgan fingerprint density at radius 2 is 1.16 bits per heavy atom. The van der Waals surface area contributed by atoms with Crippen molar-refractivity contribution in [3.8, 4) is 45.9 Å². The highest BCUT2D eigenvalue weighted by molar-refractivity contribution is 6.19. The second kappa shape index (κ2) is 14.0. The number of hydrogen-bond donors (Lipinski definition) is 0. The minimum Gasteiger partial charge on any atom is -0.456 e. The van der Waals surface area contributed by atoms with E-state index in [4.69, 9.17) is 29.3 Å². The molecule has 0 saturated carbocycles. The Balaban J connectivity index is 1.10. The monoisotopic (exact) mass is 809 g/mol. The van der Waals surface area contributed by atoms with Crippen LogP contribution < -0.4 is 0 Å². The van der Waals surface area contributed by atoms with E-state index < -0.39 is 0 Å². The number of rotatable bonds is 6. The van der Waals surface area contributed by atoms with E-state index in [-0.39, 0.29) is 5.92 Å². The minimum absolute atomic E-state index is 0.134. The Hall–Kier alpha value is -8.49. The molecule has 13 rings (SSSR count). The first-order valence-corrected chi connectivity index (χ1v) is 21.2. The standard InChI is InChI=1S/C55H35N7O/c1-4-16-34(17-5-1)50-42-24-10-13-25-44(42)56-54(57-50)47-33-43-46(61(47)37-20-8-3-9-21-37)31-30-41-38-22-11-14-26-45(38)62(51(41)43)55-59-52(35-18-6-2-7-19-35)58-53(60-55)36-28-29-40-39-23-12-15-27-48(39)63-49(40)32-36/h1-16,18-34H,17H2. The van der Waals surface area contributed by atoms with Gasteiger partial charge in [0.25, 0.3) is 0 Å². The molecule has 8 nitrogen and oxygen atoms in total. The number of fused-ring (bicyclic) bond motifs is 9. The second-order valence-corrected chi connectivity index (χ2v) is 16.0. The van der Waals surface area contributed by atoms with E-state index >= 15 is 0 Å². The molecule has 0 bridgehead atoms. The molecule has 296 valence electrons. The molecule has 5 heterocycles. The number of nitrogens with zero attached hydrogens (tertiary/aromatic N) is 7. The van der Waals surface area contributed by atoms with Gasteiger partial charge in [-0.1, -0.05) is 140 Å². The predicted octanol–water partition coefficient (Wildman–Crippen LogP) is 13.4. The Labute approximate surface area is 360 Å². The van der Waals surface area contributed by atoms with Crippen molar-refractivity contribution in [2.75, 3.05) is 0 Å². The molecule has 5 aromatic heterocycles. The van der Waals surface area contributed by atoms with E-state index in [1.807, 2.05) is 60.7 Å². The predicted molar refractivity (Wildman–Crippen MR) is 253 cm³/mol. The first kappa shape index (κ1) is 35.3. The zero-order valence-corrected chi connectivity index (χ0v) is 33.8. The molecular weight excluding hydrogens is 775 g/mol. The molecule has 1 atom stereocenters. The molecular formula is C55H35N7O. The Morgan fingerprint density at radius 1 is 0.460 bits per heavy atom. The lowest BCUT2D eigenvalue weighted by Crippen LogP contribution is -2.06. The van der Waals surface area contributed by atoms with Crippen LogP contribution in [0.15, 0.2) is 199 Å². The van der Waals surface area contributed by atoms with Crippen LogP contribution in [0.2, 0.25) is 0 Å². The molecule has 0 radical (unpaired) electrons. The van der Waals surface area contributed by atoms with Gasteiger partial charge in [0.15, 0.2) is 17.5 Å². The SMILES string of the molecule is C1=CCC(c2nc(-c3cc4c(ccc5c6ccccc6n(-c6nc(-c7ccccc7)nc(-c7ccc8c(c7)oc7ccccc78)n6)c54)n3-c3ccccc3)nc3ccccc23)C=C1. The van der Waals surface area contributed by atoms with Crippen molar-refractivity contribution < 1.29 is 4.42 Å². The fourth-order valence-electron chi connectivity index (χ4n) is 9.43. The van der Waals surface area contributed by atoms with Gasteiger partial charge < -0.3 is 8.98 Å². The molecule has 0 spiro atoms. The number of allylic oxidation sites excluding steroid dienone is 4. The lowest BCUT2D eigenvalue weighted by molar-refractivity contribution is 0.669. The van der Waals surface area contributed by atoms with Crippen LogP contribution >= 0.6 is 0 Å². The van der Waals surface area contributed by atoms with Crippen molar-refractivity contribution in [1.29, 1.82) is 0 Å². The van der Waals surface area contributed by atoms with E-state index in [9.17, 15) is 0 Å². The van der Waals surface area contributed by atoms with E-state index in [0.717, 1.165) is 100 Å².